The third-order valence-electron chi connectivity index (χ3n) is 15.1. The molecule has 6 aromatic carbocycles. The van der Waals surface area contributed by atoms with Gasteiger partial charge in [0.15, 0.2) is 19.7 Å². The first-order valence-corrected chi connectivity index (χ1v) is 30.9. The number of hydrogen-bond acceptors (Lipinski definition) is 10. The van der Waals surface area contributed by atoms with Gasteiger partial charge in [0, 0.05) is 0 Å². The summed E-state index contributed by atoms with van der Waals surface area (Å²) < 4.78 is 52.9. The first-order valence-electron chi connectivity index (χ1n) is 27.6. The van der Waals surface area contributed by atoms with Gasteiger partial charge in [0.1, 0.15) is 24.3 Å². The van der Waals surface area contributed by atoms with Crippen LogP contribution in [0.3, 0.4) is 0 Å². The van der Waals surface area contributed by atoms with Crippen LogP contribution in [-0.4, -0.2) is 108 Å². The largest absolute Gasteiger partial charge is 0.388 e. The minimum Gasteiger partial charge on any atom is -0.388 e. The third kappa shape index (κ3) is 16.4. The van der Waals surface area contributed by atoms with Crippen LogP contribution in [0.2, 0.25) is 0 Å². The van der Waals surface area contributed by atoms with E-state index >= 15 is 0 Å². The summed E-state index contributed by atoms with van der Waals surface area (Å²) in [4.78, 5) is 58.7. The molecule has 6 N–H and O–H groups in total. The lowest BCUT2D eigenvalue weighted by Crippen LogP contribution is -2.62. The van der Waals surface area contributed by atoms with Gasteiger partial charge in [-0.25, -0.2) is 16.8 Å². The number of fused-ring (bicyclic) bond motifs is 2. The number of nitrogens with one attached hydrogen (secondary N) is 4. The first kappa shape index (κ1) is 62.7. The van der Waals surface area contributed by atoms with Crippen LogP contribution < -0.4 is 21.3 Å². The summed E-state index contributed by atoms with van der Waals surface area (Å²) >= 11 is 0. The van der Waals surface area contributed by atoms with Crippen LogP contribution >= 0.6 is 0 Å². The van der Waals surface area contributed by atoms with Gasteiger partial charge in [0.2, 0.25) is 23.6 Å². The molecular weight excluding hydrogens is 1050 g/mol. The Morgan fingerprint density at radius 1 is 0.412 bits per heavy atom. The molecule has 16 heteroatoms. The van der Waals surface area contributed by atoms with Crippen molar-refractivity contribution in [3.63, 3.8) is 0 Å². The monoisotopic (exact) mass is 1130 g/mol. The zero-order chi connectivity index (χ0) is 58.7. The molecule has 0 aromatic heterocycles. The van der Waals surface area contributed by atoms with Crippen molar-refractivity contribution in [1.29, 1.82) is 0 Å². The SMILES string of the molecule is CC(C)[C@H](NC(=O)[C@H](Cc1cccc2ccccc12)CS(=O)(=O)C(C)(C)C)C(=O)N[C@@H](Cc1ccccc1)[C@@H](O)[C@H](O)[C@H](Cc1ccccc1)NC(=O)[C@@H](NC(=O)[C@H](Cc1cccc2ccccc12)CS(=O)(=O)C(C)(C)C)C(C)C. The van der Waals surface area contributed by atoms with E-state index in [-0.39, 0.29) is 25.7 Å². The molecule has 6 rings (SSSR count). The van der Waals surface area contributed by atoms with E-state index in [0.717, 1.165) is 32.7 Å². The Labute approximate surface area is 473 Å². The lowest BCUT2D eigenvalue weighted by atomic mass is 9.90. The molecule has 0 saturated carbocycles. The Balaban J connectivity index is 1.29. The number of carbonyl (C=O) groups excluding carboxylic acids is 4. The van der Waals surface area contributed by atoms with Crippen LogP contribution in [-0.2, 0) is 64.5 Å². The molecule has 0 bridgehead atoms. The predicted molar refractivity (Wildman–Crippen MR) is 319 cm³/mol. The molecule has 0 radical (unpaired) electrons. The lowest BCUT2D eigenvalue weighted by Gasteiger charge is -2.35. The van der Waals surface area contributed by atoms with Crippen LogP contribution in [0.4, 0.5) is 0 Å². The fourth-order valence-electron chi connectivity index (χ4n) is 9.84. The van der Waals surface area contributed by atoms with E-state index in [1.54, 1.807) is 118 Å². The summed E-state index contributed by atoms with van der Waals surface area (Å²) in [6.07, 6.45) is -3.37. The van der Waals surface area contributed by atoms with E-state index < -0.39 is 124 Å². The highest BCUT2D eigenvalue weighted by Gasteiger charge is 2.41. The van der Waals surface area contributed by atoms with Gasteiger partial charge >= 0.3 is 0 Å². The highest BCUT2D eigenvalue weighted by atomic mass is 32.2. The van der Waals surface area contributed by atoms with Crippen LogP contribution in [0.5, 0.6) is 0 Å². The Morgan fingerprint density at radius 3 is 1.05 bits per heavy atom. The van der Waals surface area contributed by atoms with Crippen molar-refractivity contribution >= 4 is 64.8 Å². The number of aliphatic hydroxyl groups excluding tert-OH is 2. The van der Waals surface area contributed by atoms with Gasteiger partial charge in [-0.3, -0.25) is 19.2 Å². The van der Waals surface area contributed by atoms with Gasteiger partial charge in [-0.05, 0) is 123 Å². The van der Waals surface area contributed by atoms with Gasteiger partial charge in [0.05, 0.1) is 44.9 Å². The molecule has 0 heterocycles. The zero-order valence-corrected chi connectivity index (χ0v) is 49.5. The van der Waals surface area contributed by atoms with Crippen LogP contribution in [0.25, 0.3) is 21.5 Å². The number of benzene rings is 6. The molecular formula is C64H82N4O10S2. The van der Waals surface area contributed by atoms with Crippen LogP contribution in [0.15, 0.2) is 146 Å². The standard InChI is InChI=1S/C64H82N4O10S2/c1-41(2)55(67-59(71)49(39-79(75,76)63(5,6)7)37-47-31-21-29-45-27-17-19-33-51(45)47)61(73)65-53(35-43-23-13-11-14-24-43)57(69)58(70)54(36-44-25-15-12-16-26-44)66-62(74)56(42(3)4)68-60(72)50(40-80(77,78)64(8,9)10)38-48-32-22-30-46-28-18-20-34-52(46)48/h11-34,41-42,49-50,53-58,69-70H,35-40H2,1-10H3,(H,65,73)(H,66,74)(H,67,71)(H,68,72)/t49-,50-,53+,54+,55+,56+,57-,58-/m1/s1. The van der Waals surface area contributed by atoms with Crippen molar-refractivity contribution in [3.05, 3.63) is 168 Å². The smallest absolute Gasteiger partial charge is 0.243 e. The Morgan fingerprint density at radius 2 is 0.725 bits per heavy atom. The van der Waals surface area contributed by atoms with Crippen molar-refractivity contribution in [2.24, 2.45) is 23.7 Å². The minimum atomic E-state index is -3.85. The number of carbonyl (C=O) groups is 4. The van der Waals surface area contributed by atoms with Gasteiger partial charge in [0.25, 0.3) is 0 Å². The Kier molecular flexibility index (Phi) is 21.1. The second kappa shape index (κ2) is 26.9. The molecule has 6 aromatic rings. The van der Waals surface area contributed by atoms with Crippen molar-refractivity contribution in [1.82, 2.24) is 21.3 Å². The van der Waals surface area contributed by atoms with Gasteiger partial charge in [-0.2, -0.15) is 0 Å². The summed E-state index contributed by atoms with van der Waals surface area (Å²) in [6.45, 7) is 16.4. The summed E-state index contributed by atoms with van der Waals surface area (Å²) in [7, 11) is -7.70. The normalized spacial score (nSPS) is 15.5. The van der Waals surface area contributed by atoms with E-state index in [1.807, 2.05) is 97.1 Å². The second-order valence-corrected chi connectivity index (χ2v) is 29.5. The van der Waals surface area contributed by atoms with Gasteiger partial charge < -0.3 is 31.5 Å². The minimum absolute atomic E-state index is 0.00332. The zero-order valence-electron chi connectivity index (χ0n) is 47.8. The van der Waals surface area contributed by atoms with Gasteiger partial charge in [-0.15, -0.1) is 0 Å². The maximum Gasteiger partial charge on any atom is 0.243 e. The Hall–Kier alpha value is -6.46. The van der Waals surface area contributed by atoms with Gasteiger partial charge in [-0.1, -0.05) is 173 Å². The molecule has 80 heavy (non-hydrogen) atoms. The highest BCUT2D eigenvalue weighted by molar-refractivity contribution is 7.93. The van der Waals surface area contributed by atoms with E-state index in [0.29, 0.717) is 11.1 Å². The second-order valence-electron chi connectivity index (χ2n) is 23.9. The molecule has 8 atom stereocenters. The third-order valence-corrected chi connectivity index (χ3v) is 20.5. The molecule has 0 fully saturated rings. The highest BCUT2D eigenvalue weighted by Crippen LogP contribution is 2.28. The fourth-order valence-corrected chi connectivity index (χ4v) is 12.4. The Bertz CT molecular complexity index is 3070. The van der Waals surface area contributed by atoms with Crippen molar-refractivity contribution in [2.45, 2.75) is 141 Å². The van der Waals surface area contributed by atoms with Crippen molar-refractivity contribution in [2.75, 3.05) is 11.5 Å². The number of aliphatic hydroxyl groups is 2. The number of hydrogen-bond donors (Lipinski definition) is 6. The van der Waals surface area contributed by atoms with Crippen LogP contribution in [0, 0.1) is 23.7 Å². The maximum absolute atomic E-state index is 14.7. The molecule has 430 valence electrons. The molecule has 0 unspecified atom stereocenters. The molecule has 0 aliphatic carbocycles. The number of sulfone groups is 2. The van der Waals surface area contributed by atoms with E-state index in [9.17, 15) is 46.2 Å². The molecule has 4 amide bonds. The van der Waals surface area contributed by atoms with E-state index in [4.69, 9.17) is 0 Å². The summed E-state index contributed by atoms with van der Waals surface area (Å²) in [5, 5.41) is 40.1. The topological polar surface area (TPSA) is 225 Å². The molecule has 0 aliphatic rings. The molecule has 14 nitrogen and oxygen atoms in total. The molecule has 0 spiro atoms. The fraction of sp³-hybridized carbons (Fsp3) is 0.438. The summed E-state index contributed by atoms with van der Waals surface area (Å²) in [6, 6.07) is 39.7. The summed E-state index contributed by atoms with van der Waals surface area (Å²) in [5.41, 5.74) is 2.92. The van der Waals surface area contributed by atoms with E-state index in [1.165, 1.54) is 0 Å². The van der Waals surface area contributed by atoms with Crippen molar-refractivity contribution in [3.8, 4) is 0 Å². The number of amides is 4. The first-order chi connectivity index (χ1) is 37.6. The average Bonchev–Trinajstić information content (AvgIpc) is 3.40. The quantitative estimate of drug-likeness (QED) is 0.0325. The maximum atomic E-state index is 14.7. The summed E-state index contributed by atoms with van der Waals surface area (Å²) in [5.74, 6) is -6.92. The average molecular weight is 1130 g/mol. The lowest BCUT2D eigenvalue weighted by molar-refractivity contribution is -0.134. The number of rotatable bonds is 25. The molecule has 0 aliphatic heterocycles. The van der Waals surface area contributed by atoms with Crippen molar-refractivity contribution < 1.29 is 46.2 Å². The van der Waals surface area contributed by atoms with Crippen LogP contribution in [0.1, 0.15) is 91.5 Å². The predicted octanol–water partition coefficient (Wildman–Crippen LogP) is 7.90. The van der Waals surface area contributed by atoms with E-state index in [2.05, 4.69) is 21.3 Å². The molecule has 0 saturated heterocycles.